The minimum absolute atomic E-state index is 0.270. The molecule has 0 bridgehead atoms. The number of amides is 1. The van der Waals surface area contributed by atoms with E-state index in [0.29, 0.717) is 29.4 Å². The van der Waals surface area contributed by atoms with Crippen molar-refractivity contribution >= 4 is 22.6 Å². The Morgan fingerprint density at radius 1 is 1.03 bits per heavy atom. The molecule has 0 radical (unpaired) electrons. The SMILES string of the molecule is CC(C)c1ccc(N=c2oc3ccccc3cc2C(=O)NCc2ccco2)cc1. The summed E-state index contributed by atoms with van der Waals surface area (Å²) in [7, 11) is 0. The van der Waals surface area contributed by atoms with Crippen molar-refractivity contribution in [1.82, 2.24) is 5.32 Å². The molecule has 0 aliphatic rings. The quantitative estimate of drug-likeness (QED) is 0.505. The van der Waals surface area contributed by atoms with Gasteiger partial charge in [-0.05, 0) is 47.9 Å². The number of para-hydroxylation sites is 1. The van der Waals surface area contributed by atoms with Crippen molar-refractivity contribution in [3.63, 3.8) is 0 Å². The lowest BCUT2D eigenvalue weighted by molar-refractivity contribution is 0.0944. The first-order chi connectivity index (χ1) is 14.1. The van der Waals surface area contributed by atoms with Gasteiger partial charge in [0.05, 0.1) is 18.5 Å². The van der Waals surface area contributed by atoms with E-state index in [4.69, 9.17) is 8.83 Å². The summed E-state index contributed by atoms with van der Waals surface area (Å²) in [6.07, 6.45) is 1.58. The molecule has 5 heteroatoms. The van der Waals surface area contributed by atoms with E-state index in [-0.39, 0.29) is 11.5 Å². The maximum atomic E-state index is 12.9. The summed E-state index contributed by atoms with van der Waals surface area (Å²) < 4.78 is 11.3. The molecular formula is C24H22N2O3. The van der Waals surface area contributed by atoms with Crippen molar-refractivity contribution in [3.8, 4) is 0 Å². The van der Waals surface area contributed by atoms with Crippen molar-refractivity contribution < 1.29 is 13.6 Å². The Kier molecular flexibility index (Phi) is 5.29. The molecule has 0 saturated carbocycles. The molecular weight excluding hydrogens is 364 g/mol. The second kappa shape index (κ2) is 8.19. The van der Waals surface area contributed by atoms with Gasteiger partial charge in [0, 0.05) is 5.39 Å². The summed E-state index contributed by atoms with van der Waals surface area (Å²) in [5, 5.41) is 3.70. The van der Waals surface area contributed by atoms with Gasteiger partial charge in [-0.2, -0.15) is 0 Å². The molecule has 5 nitrogen and oxygen atoms in total. The Balaban J connectivity index is 1.74. The first-order valence-electron chi connectivity index (χ1n) is 9.58. The normalized spacial score (nSPS) is 11.9. The number of nitrogens with one attached hydrogen (secondary N) is 1. The standard InChI is InChI=1S/C24H22N2O3/c1-16(2)17-9-11-19(12-10-17)26-24-21(14-18-6-3-4-8-22(18)29-24)23(27)25-15-20-7-5-13-28-20/h3-14,16H,15H2,1-2H3,(H,25,27). The molecule has 4 aromatic rings. The first kappa shape index (κ1) is 18.7. The summed E-state index contributed by atoms with van der Waals surface area (Å²) in [5.74, 6) is 0.852. The predicted octanol–water partition coefficient (Wildman–Crippen LogP) is 5.31. The van der Waals surface area contributed by atoms with Gasteiger partial charge in [-0.3, -0.25) is 4.79 Å². The van der Waals surface area contributed by atoms with Gasteiger partial charge in [0.15, 0.2) is 0 Å². The molecule has 0 atom stereocenters. The molecule has 0 spiro atoms. The zero-order valence-electron chi connectivity index (χ0n) is 16.4. The van der Waals surface area contributed by atoms with Crippen molar-refractivity contribution in [2.45, 2.75) is 26.3 Å². The lowest BCUT2D eigenvalue weighted by Crippen LogP contribution is -2.28. The van der Waals surface area contributed by atoms with E-state index >= 15 is 0 Å². The van der Waals surface area contributed by atoms with Crippen molar-refractivity contribution in [1.29, 1.82) is 0 Å². The van der Waals surface area contributed by atoms with Crippen LogP contribution in [0.15, 0.2) is 86.8 Å². The molecule has 0 fully saturated rings. The number of furan rings is 1. The summed E-state index contributed by atoms with van der Waals surface area (Å²) in [5.41, 5.74) is 3.29. The van der Waals surface area contributed by atoms with E-state index in [2.05, 4.69) is 24.2 Å². The van der Waals surface area contributed by atoms with Gasteiger partial charge in [-0.1, -0.05) is 44.2 Å². The lowest BCUT2D eigenvalue weighted by atomic mass is 10.0. The van der Waals surface area contributed by atoms with E-state index in [9.17, 15) is 4.79 Å². The number of fused-ring (bicyclic) bond motifs is 1. The number of rotatable bonds is 5. The van der Waals surface area contributed by atoms with Crippen molar-refractivity contribution in [3.05, 3.63) is 95.4 Å². The number of benzene rings is 2. The highest BCUT2D eigenvalue weighted by Gasteiger charge is 2.13. The Hall–Kier alpha value is -3.60. The van der Waals surface area contributed by atoms with Crippen LogP contribution >= 0.6 is 0 Å². The second-order valence-corrected chi connectivity index (χ2v) is 7.12. The number of carbonyl (C=O) groups is 1. The maximum Gasteiger partial charge on any atom is 0.257 e. The van der Waals surface area contributed by atoms with Crippen LogP contribution in [0.1, 0.15) is 41.4 Å². The highest BCUT2D eigenvalue weighted by molar-refractivity contribution is 5.96. The van der Waals surface area contributed by atoms with Crippen molar-refractivity contribution in [2.75, 3.05) is 0 Å². The average Bonchev–Trinajstić information content (AvgIpc) is 3.25. The van der Waals surface area contributed by atoms with E-state index in [0.717, 1.165) is 11.1 Å². The van der Waals surface area contributed by atoms with E-state index in [1.165, 1.54) is 5.56 Å². The fraction of sp³-hybridized carbons (Fsp3) is 0.167. The van der Waals surface area contributed by atoms with E-state index < -0.39 is 0 Å². The number of nitrogens with zero attached hydrogens (tertiary/aromatic N) is 1. The predicted molar refractivity (Wildman–Crippen MR) is 112 cm³/mol. The zero-order chi connectivity index (χ0) is 20.2. The molecule has 4 rings (SSSR count). The van der Waals surface area contributed by atoms with Crippen LogP contribution in [0.25, 0.3) is 11.0 Å². The third-order valence-corrected chi connectivity index (χ3v) is 4.69. The van der Waals surface area contributed by atoms with Crippen LogP contribution in [0.5, 0.6) is 0 Å². The van der Waals surface area contributed by atoms with Gasteiger partial charge in [-0.25, -0.2) is 4.99 Å². The molecule has 0 saturated heterocycles. The van der Waals surface area contributed by atoms with Crippen molar-refractivity contribution in [2.24, 2.45) is 4.99 Å². The molecule has 0 aliphatic heterocycles. The maximum absolute atomic E-state index is 12.9. The highest BCUT2D eigenvalue weighted by atomic mass is 16.3. The minimum atomic E-state index is -0.270. The first-order valence-corrected chi connectivity index (χ1v) is 9.58. The number of hydrogen-bond donors (Lipinski definition) is 1. The topological polar surface area (TPSA) is 67.7 Å². The van der Waals surface area contributed by atoms with Gasteiger partial charge >= 0.3 is 0 Å². The third kappa shape index (κ3) is 4.29. The lowest BCUT2D eigenvalue weighted by Gasteiger charge is -2.07. The summed E-state index contributed by atoms with van der Waals surface area (Å²) >= 11 is 0. The molecule has 0 unspecified atom stereocenters. The zero-order valence-corrected chi connectivity index (χ0v) is 16.4. The molecule has 0 aliphatic carbocycles. The van der Waals surface area contributed by atoms with Gasteiger partial charge in [-0.15, -0.1) is 0 Å². The Morgan fingerprint density at radius 3 is 2.55 bits per heavy atom. The Morgan fingerprint density at radius 2 is 1.83 bits per heavy atom. The van der Waals surface area contributed by atoms with Crippen LogP contribution in [0, 0.1) is 0 Å². The molecule has 1 N–H and O–H groups in total. The van der Waals surface area contributed by atoms with Crippen LogP contribution in [0.3, 0.4) is 0 Å². The molecule has 2 aromatic carbocycles. The van der Waals surface area contributed by atoms with Crippen LogP contribution < -0.4 is 10.9 Å². The van der Waals surface area contributed by atoms with Crippen LogP contribution in [0.2, 0.25) is 0 Å². The van der Waals surface area contributed by atoms with Gasteiger partial charge in [0.1, 0.15) is 16.9 Å². The van der Waals surface area contributed by atoms with Gasteiger partial charge in [0.25, 0.3) is 5.91 Å². The summed E-state index contributed by atoms with van der Waals surface area (Å²) in [6, 6.07) is 20.9. The average molecular weight is 386 g/mol. The number of hydrogen-bond acceptors (Lipinski definition) is 4. The van der Waals surface area contributed by atoms with Crippen LogP contribution in [0.4, 0.5) is 5.69 Å². The Bertz CT molecular complexity index is 1190. The van der Waals surface area contributed by atoms with Gasteiger partial charge in [0.2, 0.25) is 5.55 Å². The number of carbonyl (C=O) groups excluding carboxylic acids is 1. The molecule has 1 amide bonds. The highest BCUT2D eigenvalue weighted by Crippen LogP contribution is 2.19. The molecule has 2 heterocycles. The second-order valence-electron chi connectivity index (χ2n) is 7.12. The monoisotopic (exact) mass is 386 g/mol. The van der Waals surface area contributed by atoms with E-state index in [1.54, 1.807) is 18.4 Å². The van der Waals surface area contributed by atoms with Crippen LogP contribution in [-0.4, -0.2) is 5.91 Å². The molecule has 29 heavy (non-hydrogen) atoms. The largest absolute Gasteiger partial charge is 0.467 e. The van der Waals surface area contributed by atoms with Crippen LogP contribution in [-0.2, 0) is 6.54 Å². The summed E-state index contributed by atoms with van der Waals surface area (Å²) in [4.78, 5) is 17.5. The van der Waals surface area contributed by atoms with E-state index in [1.807, 2.05) is 54.6 Å². The molecule has 2 aromatic heterocycles. The Labute approximate surface area is 168 Å². The fourth-order valence-electron chi connectivity index (χ4n) is 3.04. The minimum Gasteiger partial charge on any atom is -0.467 e. The fourth-order valence-corrected chi connectivity index (χ4v) is 3.04. The summed E-state index contributed by atoms with van der Waals surface area (Å²) in [6.45, 7) is 4.58. The third-order valence-electron chi connectivity index (χ3n) is 4.69. The van der Waals surface area contributed by atoms with Gasteiger partial charge < -0.3 is 14.2 Å². The smallest absolute Gasteiger partial charge is 0.257 e. The molecule has 146 valence electrons.